The number of benzene rings is 1. The van der Waals surface area contributed by atoms with Crippen LogP contribution in [0.25, 0.3) is 0 Å². The van der Waals surface area contributed by atoms with Gasteiger partial charge in [0.1, 0.15) is 0 Å². The fourth-order valence-electron chi connectivity index (χ4n) is 2.30. The second-order valence-corrected chi connectivity index (χ2v) is 5.03. The molecule has 0 aliphatic carbocycles. The number of hydrogen-bond acceptors (Lipinski definition) is 2. The van der Waals surface area contributed by atoms with Gasteiger partial charge in [-0.3, -0.25) is 4.79 Å². The molecule has 0 saturated carbocycles. The summed E-state index contributed by atoms with van der Waals surface area (Å²) in [5.41, 5.74) is 0.0916. The first kappa shape index (κ1) is 16.9. The molecule has 2 N–H and O–H groups in total. The summed E-state index contributed by atoms with van der Waals surface area (Å²) in [5.74, 6) is -1.74. The van der Waals surface area contributed by atoms with Crippen LogP contribution in [-0.4, -0.2) is 25.0 Å². The zero-order chi connectivity index (χ0) is 13.8. The van der Waals surface area contributed by atoms with Crippen LogP contribution in [-0.2, 0) is 11.2 Å². The number of carbonyl (C=O) groups is 1. The van der Waals surface area contributed by atoms with Gasteiger partial charge in [0.15, 0.2) is 11.6 Å². The molecule has 2 rings (SSSR count). The van der Waals surface area contributed by atoms with Crippen LogP contribution in [0.1, 0.15) is 18.9 Å². The smallest absolute Gasteiger partial charge is 0.224 e. The van der Waals surface area contributed by atoms with Crippen LogP contribution in [0.5, 0.6) is 0 Å². The third-order valence-corrected chi connectivity index (χ3v) is 3.56. The van der Waals surface area contributed by atoms with Crippen molar-refractivity contribution < 1.29 is 13.6 Å². The Morgan fingerprint density at radius 2 is 2.20 bits per heavy atom. The number of hydrogen-bond donors (Lipinski definition) is 2. The van der Waals surface area contributed by atoms with Crippen LogP contribution in [0.3, 0.4) is 0 Å². The van der Waals surface area contributed by atoms with Crippen molar-refractivity contribution in [1.29, 1.82) is 0 Å². The van der Waals surface area contributed by atoms with Crippen molar-refractivity contribution in [2.75, 3.05) is 13.1 Å². The monoisotopic (exact) mass is 304 g/mol. The van der Waals surface area contributed by atoms with Gasteiger partial charge in [0.2, 0.25) is 5.91 Å². The largest absolute Gasteiger partial charge is 0.352 e. The lowest BCUT2D eigenvalue weighted by Crippen LogP contribution is -2.50. The van der Waals surface area contributed by atoms with Crippen molar-refractivity contribution in [2.45, 2.75) is 25.8 Å². The average Bonchev–Trinajstić information content (AvgIpc) is 2.38. The predicted molar refractivity (Wildman–Crippen MR) is 75.9 cm³/mol. The topological polar surface area (TPSA) is 41.1 Å². The molecule has 0 spiro atoms. The molecule has 0 bridgehead atoms. The fourth-order valence-corrected chi connectivity index (χ4v) is 2.30. The van der Waals surface area contributed by atoms with Gasteiger partial charge in [-0.05, 0) is 24.9 Å². The lowest BCUT2D eigenvalue weighted by Gasteiger charge is -2.30. The summed E-state index contributed by atoms with van der Waals surface area (Å²) in [7, 11) is 0. The van der Waals surface area contributed by atoms with E-state index in [0.717, 1.165) is 25.6 Å². The van der Waals surface area contributed by atoms with E-state index in [1.165, 1.54) is 12.1 Å². The van der Waals surface area contributed by atoms with Crippen molar-refractivity contribution in [2.24, 2.45) is 5.92 Å². The predicted octanol–water partition coefficient (Wildman–Crippen LogP) is 2.04. The summed E-state index contributed by atoms with van der Waals surface area (Å²) in [4.78, 5) is 11.9. The van der Waals surface area contributed by atoms with Crippen molar-refractivity contribution in [1.82, 2.24) is 10.6 Å². The van der Waals surface area contributed by atoms with Crippen LogP contribution < -0.4 is 10.6 Å². The van der Waals surface area contributed by atoms with E-state index in [2.05, 4.69) is 17.6 Å². The molecule has 0 radical (unpaired) electrons. The quantitative estimate of drug-likeness (QED) is 0.897. The number of piperidine rings is 1. The molecule has 6 heteroatoms. The van der Waals surface area contributed by atoms with Gasteiger partial charge in [-0.15, -0.1) is 12.4 Å². The Balaban J connectivity index is 0.00000200. The molecule has 1 heterocycles. The molecule has 1 fully saturated rings. The molecule has 3 nitrogen and oxygen atoms in total. The summed E-state index contributed by atoms with van der Waals surface area (Å²) in [5, 5.41) is 6.08. The maximum Gasteiger partial charge on any atom is 0.224 e. The Morgan fingerprint density at radius 1 is 1.45 bits per heavy atom. The van der Waals surface area contributed by atoms with Gasteiger partial charge in [0, 0.05) is 18.2 Å². The summed E-state index contributed by atoms with van der Waals surface area (Å²) < 4.78 is 26.5. The first-order valence-corrected chi connectivity index (χ1v) is 6.51. The summed E-state index contributed by atoms with van der Waals surface area (Å²) >= 11 is 0. The van der Waals surface area contributed by atoms with E-state index in [-0.39, 0.29) is 36.3 Å². The highest BCUT2D eigenvalue weighted by Crippen LogP contribution is 2.14. The standard InChI is InChI=1S/C14H18F2N2O.ClH/c1-9-5-6-17-8-12(9)18-13(19)7-10-3-2-4-11(15)14(10)16;/h2-4,9,12,17H,5-8H2,1H3,(H,18,19);1H. The van der Waals surface area contributed by atoms with Crippen LogP contribution in [0.15, 0.2) is 18.2 Å². The summed E-state index contributed by atoms with van der Waals surface area (Å²) in [6.07, 6.45) is 0.867. The van der Waals surface area contributed by atoms with Gasteiger partial charge in [-0.1, -0.05) is 19.1 Å². The van der Waals surface area contributed by atoms with Gasteiger partial charge in [0.25, 0.3) is 0 Å². The van der Waals surface area contributed by atoms with Crippen LogP contribution in [0.4, 0.5) is 8.78 Å². The van der Waals surface area contributed by atoms with Crippen molar-refractivity contribution in [3.8, 4) is 0 Å². The van der Waals surface area contributed by atoms with E-state index >= 15 is 0 Å². The maximum absolute atomic E-state index is 13.4. The SMILES string of the molecule is CC1CCNCC1NC(=O)Cc1cccc(F)c1F.Cl. The maximum atomic E-state index is 13.4. The highest BCUT2D eigenvalue weighted by atomic mass is 35.5. The summed E-state index contributed by atoms with van der Waals surface area (Å²) in [6.45, 7) is 3.75. The Hall–Kier alpha value is -1.20. The van der Waals surface area contributed by atoms with E-state index in [1.807, 2.05) is 0 Å². The first-order valence-electron chi connectivity index (χ1n) is 6.51. The molecular formula is C14H19ClF2N2O. The Bertz CT molecular complexity index is 470. The number of nitrogens with one attached hydrogen (secondary N) is 2. The molecule has 1 aliphatic rings. The van der Waals surface area contributed by atoms with Crippen LogP contribution >= 0.6 is 12.4 Å². The van der Waals surface area contributed by atoms with Gasteiger partial charge in [-0.2, -0.15) is 0 Å². The molecular weight excluding hydrogens is 286 g/mol. The molecule has 1 aliphatic heterocycles. The second kappa shape index (κ2) is 7.55. The zero-order valence-electron chi connectivity index (χ0n) is 11.3. The van der Waals surface area contributed by atoms with Crippen molar-refractivity contribution in [3.05, 3.63) is 35.4 Å². The normalized spacial score (nSPS) is 21.9. The average molecular weight is 305 g/mol. The number of amides is 1. The van der Waals surface area contributed by atoms with Crippen molar-refractivity contribution in [3.63, 3.8) is 0 Å². The third kappa shape index (κ3) is 4.15. The minimum Gasteiger partial charge on any atom is -0.352 e. The van der Waals surface area contributed by atoms with E-state index in [4.69, 9.17) is 0 Å². The van der Waals surface area contributed by atoms with Crippen molar-refractivity contribution >= 4 is 18.3 Å². The zero-order valence-corrected chi connectivity index (χ0v) is 12.1. The fraction of sp³-hybridized carbons (Fsp3) is 0.500. The highest BCUT2D eigenvalue weighted by molar-refractivity contribution is 5.85. The Morgan fingerprint density at radius 3 is 2.90 bits per heavy atom. The van der Waals surface area contributed by atoms with Crippen LogP contribution in [0.2, 0.25) is 0 Å². The molecule has 1 aromatic carbocycles. The molecule has 20 heavy (non-hydrogen) atoms. The molecule has 1 amide bonds. The Labute approximate surface area is 123 Å². The van der Waals surface area contributed by atoms with E-state index in [9.17, 15) is 13.6 Å². The van der Waals surface area contributed by atoms with Gasteiger partial charge < -0.3 is 10.6 Å². The minimum absolute atomic E-state index is 0. The van der Waals surface area contributed by atoms with E-state index in [0.29, 0.717) is 5.92 Å². The number of carbonyl (C=O) groups excluding carboxylic acids is 1. The van der Waals surface area contributed by atoms with E-state index in [1.54, 1.807) is 0 Å². The molecule has 1 saturated heterocycles. The lowest BCUT2D eigenvalue weighted by atomic mass is 9.94. The number of rotatable bonds is 3. The number of halogens is 3. The molecule has 112 valence electrons. The molecule has 1 aromatic rings. The van der Waals surface area contributed by atoms with Gasteiger partial charge >= 0.3 is 0 Å². The van der Waals surface area contributed by atoms with Gasteiger partial charge in [-0.25, -0.2) is 8.78 Å². The first-order chi connectivity index (χ1) is 9.08. The molecule has 2 atom stereocenters. The minimum atomic E-state index is -0.938. The molecule has 2 unspecified atom stereocenters. The molecule has 0 aromatic heterocycles. The second-order valence-electron chi connectivity index (χ2n) is 5.03. The summed E-state index contributed by atoms with van der Waals surface area (Å²) in [6, 6.07) is 3.94. The van der Waals surface area contributed by atoms with Crippen LogP contribution in [0, 0.1) is 17.6 Å². The highest BCUT2D eigenvalue weighted by Gasteiger charge is 2.23. The van der Waals surface area contributed by atoms with E-state index < -0.39 is 11.6 Å². The third-order valence-electron chi connectivity index (χ3n) is 3.56. The lowest BCUT2D eigenvalue weighted by molar-refractivity contribution is -0.121. The Kier molecular flexibility index (Phi) is 6.36. The van der Waals surface area contributed by atoms with Gasteiger partial charge in [0.05, 0.1) is 6.42 Å².